The van der Waals surface area contributed by atoms with Crippen LogP contribution in [0.5, 0.6) is 5.75 Å². The average molecular weight is 268 g/mol. The molecule has 0 fully saturated rings. The van der Waals surface area contributed by atoms with Gasteiger partial charge in [-0.1, -0.05) is 12.1 Å². The van der Waals surface area contributed by atoms with Gasteiger partial charge in [-0.2, -0.15) is 0 Å². The minimum Gasteiger partial charge on any atom is -0.491 e. The van der Waals surface area contributed by atoms with E-state index in [9.17, 15) is 5.11 Å². The van der Waals surface area contributed by atoms with Gasteiger partial charge in [0.2, 0.25) is 0 Å². The zero-order chi connectivity index (χ0) is 14.1. The van der Waals surface area contributed by atoms with Gasteiger partial charge in [-0.15, -0.1) is 0 Å². The monoisotopic (exact) mass is 268 g/mol. The third kappa shape index (κ3) is 7.15. The first-order valence-corrected chi connectivity index (χ1v) is 6.84. The van der Waals surface area contributed by atoms with Gasteiger partial charge in [0, 0.05) is 7.11 Å². The van der Waals surface area contributed by atoms with Gasteiger partial charge in [0.1, 0.15) is 25.0 Å². The molecule has 0 bridgehead atoms. The van der Waals surface area contributed by atoms with E-state index in [4.69, 9.17) is 9.47 Å². The van der Waals surface area contributed by atoms with Crippen LogP contribution in [0.15, 0.2) is 24.3 Å². The summed E-state index contributed by atoms with van der Waals surface area (Å²) in [4.78, 5) is 0. The number of hydrogen-bond acceptors (Lipinski definition) is 3. The number of hydrogen-bond donors (Lipinski definition) is 2. The highest BCUT2D eigenvalue weighted by Gasteiger charge is 2.08. The highest BCUT2D eigenvalue weighted by Crippen LogP contribution is 2.12. The van der Waals surface area contributed by atoms with Crippen molar-refractivity contribution in [2.45, 2.75) is 32.4 Å². The fraction of sp³-hybridized carbons (Fsp3) is 0.600. The summed E-state index contributed by atoms with van der Waals surface area (Å²) in [5.74, 6) is 0.796. The lowest BCUT2D eigenvalue weighted by molar-refractivity contribution is -0.688. The van der Waals surface area contributed by atoms with E-state index >= 15 is 0 Å². The van der Waals surface area contributed by atoms with Crippen LogP contribution >= 0.6 is 0 Å². The van der Waals surface area contributed by atoms with Crippen LogP contribution in [-0.2, 0) is 11.2 Å². The molecule has 4 nitrogen and oxygen atoms in total. The Labute approximate surface area is 115 Å². The molecule has 0 aromatic heterocycles. The Morgan fingerprint density at radius 3 is 2.47 bits per heavy atom. The lowest BCUT2D eigenvalue weighted by Gasteiger charge is -2.13. The van der Waals surface area contributed by atoms with Crippen LogP contribution in [-0.4, -0.2) is 44.1 Å². The molecule has 0 saturated carbocycles. The lowest BCUT2D eigenvalue weighted by Crippen LogP contribution is -2.90. The molecule has 19 heavy (non-hydrogen) atoms. The summed E-state index contributed by atoms with van der Waals surface area (Å²) in [5, 5.41) is 11.9. The second kappa shape index (κ2) is 8.91. The van der Waals surface area contributed by atoms with E-state index in [1.54, 1.807) is 7.11 Å². The van der Waals surface area contributed by atoms with Crippen LogP contribution in [0.25, 0.3) is 0 Å². The second-order valence-electron chi connectivity index (χ2n) is 5.07. The van der Waals surface area contributed by atoms with Crippen LogP contribution in [0.1, 0.15) is 19.4 Å². The molecule has 1 rings (SSSR count). The van der Waals surface area contributed by atoms with Crippen molar-refractivity contribution >= 4 is 0 Å². The molecule has 0 heterocycles. The van der Waals surface area contributed by atoms with Gasteiger partial charge < -0.3 is 19.9 Å². The first-order chi connectivity index (χ1) is 9.11. The topological polar surface area (TPSA) is 55.3 Å². The van der Waals surface area contributed by atoms with Gasteiger partial charge in [0.05, 0.1) is 12.6 Å². The van der Waals surface area contributed by atoms with Crippen molar-refractivity contribution in [3.05, 3.63) is 29.8 Å². The summed E-state index contributed by atoms with van der Waals surface area (Å²) in [7, 11) is 1.70. The van der Waals surface area contributed by atoms with Crippen molar-refractivity contribution < 1.29 is 19.9 Å². The Bertz CT molecular complexity index is 338. The number of aliphatic hydroxyl groups excluding tert-OH is 1. The molecule has 1 aromatic carbocycles. The van der Waals surface area contributed by atoms with Gasteiger partial charge in [0.25, 0.3) is 0 Å². The summed E-state index contributed by atoms with van der Waals surface area (Å²) in [6.45, 7) is 5.94. The third-order valence-electron chi connectivity index (χ3n) is 2.84. The first-order valence-electron chi connectivity index (χ1n) is 6.84. The largest absolute Gasteiger partial charge is 0.491 e. The van der Waals surface area contributed by atoms with E-state index in [2.05, 4.69) is 19.2 Å². The predicted octanol–water partition coefficient (Wildman–Crippen LogP) is 0.587. The summed E-state index contributed by atoms with van der Waals surface area (Å²) in [5.41, 5.74) is 1.22. The molecule has 0 amide bonds. The van der Waals surface area contributed by atoms with Crippen molar-refractivity contribution in [2.24, 2.45) is 0 Å². The SMILES string of the molecule is COCCc1ccc(OC[C@H](O)C[NH2+]C(C)C)cc1. The van der Waals surface area contributed by atoms with E-state index in [0.29, 0.717) is 19.2 Å². The van der Waals surface area contributed by atoms with E-state index in [-0.39, 0.29) is 0 Å². The fourth-order valence-electron chi connectivity index (χ4n) is 1.66. The van der Waals surface area contributed by atoms with Crippen LogP contribution < -0.4 is 10.1 Å². The van der Waals surface area contributed by atoms with E-state index in [1.807, 2.05) is 24.3 Å². The fourth-order valence-corrected chi connectivity index (χ4v) is 1.66. The first kappa shape index (κ1) is 16.0. The van der Waals surface area contributed by atoms with Gasteiger partial charge in [0.15, 0.2) is 0 Å². The van der Waals surface area contributed by atoms with Crippen LogP contribution in [0, 0.1) is 0 Å². The van der Waals surface area contributed by atoms with E-state index in [1.165, 1.54) is 5.56 Å². The van der Waals surface area contributed by atoms with Gasteiger partial charge >= 0.3 is 0 Å². The van der Waals surface area contributed by atoms with Crippen molar-refractivity contribution in [3.63, 3.8) is 0 Å². The highest BCUT2D eigenvalue weighted by atomic mass is 16.5. The summed E-state index contributed by atoms with van der Waals surface area (Å²) in [6, 6.07) is 8.42. The highest BCUT2D eigenvalue weighted by molar-refractivity contribution is 5.27. The summed E-state index contributed by atoms with van der Waals surface area (Å²) >= 11 is 0. The van der Waals surface area contributed by atoms with Gasteiger partial charge in [-0.25, -0.2) is 0 Å². The Morgan fingerprint density at radius 2 is 1.89 bits per heavy atom. The molecule has 0 aliphatic carbocycles. The molecule has 4 heteroatoms. The standard InChI is InChI=1S/C15H25NO3/c1-12(2)16-10-14(17)11-19-15-6-4-13(5-7-15)8-9-18-3/h4-7,12,14,16-17H,8-11H2,1-3H3/p+1/t14-/m1/s1. The molecule has 3 N–H and O–H groups in total. The molecule has 0 aliphatic heterocycles. The second-order valence-corrected chi connectivity index (χ2v) is 5.07. The van der Waals surface area contributed by atoms with E-state index < -0.39 is 6.10 Å². The summed E-state index contributed by atoms with van der Waals surface area (Å²) in [6.07, 6.45) is 0.471. The normalized spacial score (nSPS) is 12.7. The lowest BCUT2D eigenvalue weighted by atomic mass is 10.1. The van der Waals surface area contributed by atoms with Crippen molar-refractivity contribution in [2.75, 3.05) is 26.9 Å². The maximum atomic E-state index is 9.76. The minimum atomic E-state index is -0.435. The number of methoxy groups -OCH3 is 1. The van der Waals surface area contributed by atoms with Crippen molar-refractivity contribution in [3.8, 4) is 5.75 Å². The average Bonchev–Trinajstić information content (AvgIpc) is 2.41. The van der Waals surface area contributed by atoms with E-state index in [0.717, 1.165) is 18.8 Å². The number of nitrogens with two attached hydrogens (primary N) is 1. The Hall–Kier alpha value is -1.10. The molecular formula is C15H26NO3+. The van der Waals surface area contributed by atoms with Crippen LogP contribution in [0.4, 0.5) is 0 Å². The molecule has 0 saturated heterocycles. The van der Waals surface area contributed by atoms with Crippen LogP contribution in [0.2, 0.25) is 0 Å². The van der Waals surface area contributed by atoms with Crippen molar-refractivity contribution in [1.29, 1.82) is 0 Å². The van der Waals surface area contributed by atoms with Gasteiger partial charge in [-0.05, 0) is 38.0 Å². The van der Waals surface area contributed by atoms with Crippen molar-refractivity contribution in [1.82, 2.24) is 0 Å². The Kier molecular flexibility index (Phi) is 7.48. The molecule has 0 aliphatic rings. The third-order valence-corrected chi connectivity index (χ3v) is 2.84. The minimum absolute atomic E-state index is 0.334. The molecular weight excluding hydrogens is 242 g/mol. The molecule has 0 radical (unpaired) electrons. The number of rotatable bonds is 9. The van der Waals surface area contributed by atoms with Gasteiger partial charge in [-0.3, -0.25) is 0 Å². The quantitative estimate of drug-likeness (QED) is 0.689. The number of aliphatic hydroxyl groups is 1. The smallest absolute Gasteiger partial charge is 0.137 e. The molecule has 108 valence electrons. The molecule has 0 unspecified atom stereocenters. The Morgan fingerprint density at radius 1 is 1.21 bits per heavy atom. The molecule has 1 atom stereocenters. The maximum absolute atomic E-state index is 9.76. The summed E-state index contributed by atoms with van der Waals surface area (Å²) < 4.78 is 10.6. The predicted molar refractivity (Wildman–Crippen MR) is 75.5 cm³/mol. The zero-order valence-electron chi connectivity index (χ0n) is 12.1. The zero-order valence-corrected chi connectivity index (χ0v) is 12.1. The molecule has 1 aromatic rings. The maximum Gasteiger partial charge on any atom is 0.137 e. The number of ether oxygens (including phenoxy) is 2. The molecule has 0 spiro atoms. The Balaban J connectivity index is 2.29. The number of quaternary nitrogens is 1. The number of benzene rings is 1. The van der Waals surface area contributed by atoms with Crippen LogP contribution in [0.3, 0.4) is 0 Å².